The zero-order valence-corrected chi connectivity index (χ0v) is 9.94. The molecule has 2 heterocycles. The average molecular weight is 242 g/mol. The smallest absolute Gasteiger partial charge is 0.297 e. The number of halogens is 2. The van der Waals surface area contributed by atoms with Crippen LogP contribution in [0.15, 0.2) is 24.4 Å². The molecule has 1 aromatic heterocycles. The number of rotatable bonds is 3. The molecule has 3 nitrogen and oxygen atoms in total. The molecule has 0 aliphatic carbocycles. The zero-order valence-electron chi connectivity index (χ0n) is 9.94. The normalized spacial score (nSPS) is 24.2. The van der Waals surface area contributed by atoms with Crippen molar-refractivity contribution in [2.24, 2.45) is 0 Å². The highest BCUT2D eigenvalue weighted by molar-refractivity contribution is 5.11. The van der Waals surface area contributed by atoms with Gasteiger partial charge in [0.25, 0.3) is 5.92 Å². The molecule has 0 radical (unpaired) electrons. The highest BCUT2D eigenvalue weighted by Gasteiger charge is 2.50. The molecule has 0 spiro atoms. The summed E-state index contributed by atoms with van der Waals surface area (Å²) in [5.41, 5.74) is 0. The van der Waals surface area contributed by atoms with Gasteiger partial charge in [0, 0.05) is 24.8 Å². The Kier molecular flexibility index (Phi) is 3.28. The van der Waals surface area contributed by atoms with Crippen molar-refractivity contribution in [3.8, 4) is 5.88 Å². The Morgan fingerprint density at radius 1 is 1.47 bits per heavy atom. The first-order chi connectivity index (χ1) is 7.99. The van der Waals surface area contributed by atoms with Crippen LogP contribution in [0.25, 0.3) is 0 Å². The second kappa shape index (κ2) is 4.56. The summed E-state index contributed by atoms with van der Waals surface area (Å²) in [5, 5.41) is 0. The van der Waals surface area contributed by atoms with E-state index < -0.39 is 12.0 Å². The molecule has 94 valence electrons. The predicted molar refractivity (Wildman–Crippen MR) is 60.3 cm³/mol. The highest BCUT2D eigenvalue weighted by atomic mass is 19.3. The summed E-state index contributed by atoms with van der Waals surface area (Å²) in [6.07, 6.45) is 0.419. The van der Waals surface area contributed by atoms with Gasteiger partial charge in [-0.3, -0.25) is 4.90 Å². The minimum atomic E-state index is -2.82. The van der Waals surface area contributed by atoms with Crippen LogP contribution in [0, 0.1) is 0 Å². The fraction of sp³-hybridized carbons (Fsp3) is 0.583. The van der Waals surface area contributed by atoms with Gasteiger partial charge in [-0.2, -0.15) is 0 Å². The van der Waals surface area contributed by atoms with Crippen LogP contribution in [0.1, 0.15) is 13.8 Å². The van der Waals surface area contributed by atoms with Crippen LogP contribution >= 0.6 is 0 Å². The minimum Gasteiger partial charge on any atom is -0.466 e. The van der Waals surface area contributed by atoms with Crippen LogP contribution in [-0.4, -0.2) is 41.0 Å². The molecule has 0 amide bonds. The number of ether oxygens (including phenoxy) is 1. The van der Waals surface area contributed by atoms with E-state index in [4.69, 9.17) is 4.74 Å². The third-order valence-electron chi connectivity index (χ3n) is 2.92. The van der Waals surface area contributed by atoms with Crippen molar-refractivity contribution in [2.75, 3.05) is 13.1 Å². The van der Waals surface area contributed by atoms with Gasteiger partial charge < -0.3 is 4.74 Å². The van der Waals surface area contributed by atoms with Gasteiger partial charge in [0.1, 0.15) is 0 Å². The van der Waals surface area contributed by atoms with E-state index in [-0.39, 0.29) is 25.0 Å². The van der Waals surface area contributed by atoms with Crippen molar-refractivity contribution in [1.82, 2.24) is 9.88 Å². The fourth-order valence-corrected chi connectivity index (χ4v) is 1.86. The summed E-state index contributed by atoms with van der Waals surface area (Å²) < 4.78 is 32.7. The quantitative estimate of drug-likeness (QED) is 0.812. The first-order valence-electron chi connectivity index (χ1n) is 5.68. The molecule has 0 aromatic carbocycles. The fourth-order valence-electron chi connectivity index (χ4n) is 1.86. The first-order valence-corrected chi connectivity index (χ1v) is 5.68. The molecule has 1 aromatic rings. The predicted octanol–water partition coefficient (Wildman–Crippen LogP) is 2.19. The van der Waals surface area contributed by atoms with Crippen molar-refractivity contribution < 1.29 is 13.5 Å². The van der Waals surface area contributed by atoms with Gasteiger partial charge in [-0.25, -0.2) is 13.8 Å². The lowest BCUT2D eigenvalue weighted by atomic mass is 10.2. The summed E-state index contributed by atoms with van der Waals surface area (Å²) in [6.45, 7) is 3.79. The average Bonchev–Trinajstić information content (AvgIpc) is 2.56. The Balaban J connectivity index is 2.06. The number of aromatic nitrogens is 1. The van der Waals surface area contributed by atoms with Gasteiger partial charge in [-0.15, -0.1) is 0 Å². The van der Waals surface area contributed by atoms with E-state index in [1.165, 1.54) is 6.20 Å². The zero-order chi connectivity index (χ0) is 12.5. The van der Waals surface area contributed by atoms with Crippen molar-refractivity contribution in [3.63, 3.8) is 0 Å². The molecule has 1 atom stereocenters. The Morgan fingerprint density at radius 3 is 2.76 bits per heavy atom. The van der Waals surface area contributed by atoms with E-state index in [0.29, 0.717) is 0 Å². The van der Waals surface area contributed by atoms with Crippen LogP contribution in [0.2, 0.25) is 0 Å². The van der Waals surface area contributed by atoms with Gasteiger partial charge in [0.2, 0.25) is 5.88 Å². The third-order valence-corrected chi connectivity index (χ3v) is 2.92. The molecule has 1 aliphatic rings. The Hall–Kier alpha value is -1.23. The number of hydrogen-bond donors (Lipinski definition) is 0. The number of pyridine rings is 1. The molecule has 1 saturated heterocycles. The molecule has 2 rings (SSSR count). The topological polar surface area (TPSA) is 25.4 Å². The largest absolute Gasteiger partial charge is 0.466 e. The molecule has 1 aliphatic heterocycles. The SMILES string of the molecule is CC(C)N1C[C@@H](Oc2ccccn2)C(F)(F)C1. The highest BCUT2D eigenvalue weighted by Crippen LogP contribution is 2.31. The van der Waals surface area contributed by atoms with Crippen LogP contribution in [0.3, 0.4) is 0 Å². The Bertz CT molecular complexity index is 370. The number of nitrogens with zero attached hydrogens (tertiary/aromatic N) is 2. The van der Waals surface area contributed by atoms with E-state index in [1.54, 1.807) is 23.1 Å². The van der Waals surface area contributed by atoms with Gasteiger partial charge in [0.15, 0.2) is 6.10 Å². The lowest BCUT2D eigenvalue weighted by molar-refractivity contribution is -0.0637. The standard InChI is InChI=1S/C12H16F2N2O/c1-9(2)16-7-10(12(13,14)8-16)17-11-5-3-4-6-15-11/h3-6,9-10H,7-8H2,1-2H3/t10-/m1/s1. The van der Waals surface area contributed by atoms with Crippen LogP contribution in [0.5, 0.6) is 5.88 Å². The molecular weight excluding hydrogens is 226 g/mol. The second-order valence-corrected chi connectivity index (χ2v) is 4.56. The van der Waals surface area contributed by atoms with E-state index >= 15 is 0 Å². The molecule has 0 bridgehead atoms. The van der Waals surface area contributed by atoms with Crippen molar-refractivity contribution in [1.29, 1.82) is 0 Å². The lowest BCUT2D eigenvalue weighted by Crippen LogP contribution is -2.36. The van der Waals surface area contributed by atoms with Crippen molar-refractivity contribution in [2.45, 2.75) is 31.9 Å². The van der Waals surface area contributed by atoms with Gasteiger partial charge >= 0.3 is 0 Å². The van der Waals surface area contributed by atoms with E-state index in [9.17, 15) is 8.78 Å². The third kappa shape index (κ3) is 2.72. The molecule has 0 unspecified atom stereocenters. The molecule has 0 saturated carbocycles. The van der Waals surface area contributed by atoms with Crippen molar-refractivity contribution in [3.05, 3.63) is 24.4 Å². The molecule has 0 N–H and O–H groups in total. The first kappa shape index (κ1) is 12.2. The second-order valence-electron chi connectivity index (χ2n) is 4.56. The van der Waals surface area contributed by atoms with Gasteiger partial charge in [-0.1, -0.05) is 6.07 Å². The molecule has 1 fully saturated rings. The van der Waals surface area contributed by atoms with E-state index in [0.717, 1.165) is 0 Å². The van der Waals surface area contributed by atoms with Crippen molar-refractivity contribution >= 4 is 0 Å². The van der Waals surface area contributed by atoms with E-state index in [2.05, 4.69) is 4.98 Å². The summed E-state index contributed by atoms with van der Waals surface area (Å²) in [5.74, 6) is -2.57. The Morgan fingerprint density at radius 2 is 2.24 bits per heavy atom. The van der Waals surface area contributed by atoms with E-state index in [1.807, 2.05) is 13.8 Å². The van der Waals surface area contributed by atoms with Crippen LogP contribution in [0.4, 0.5) is 8.78 Å². The van der Waals surface area contributed by atoms with Crippen LogP contribution < -0.4 is 4.74 Å². The maximum atomic E-state index is 13.7. The van der Waals surface area contributed by atoms with Gasteiger partial charge in [0.05, 0.1) is 6.54 Å². The summed E-state index contributed by atoms with van der Waals surface area (Å²) in [7, 11) is 0. The monoisotopic (exact) mass is 242 g/mol. The molecule has 5 heteroatoms. The van der Waals surface area contributed by atoms with Gasteiger partial charge in [-0.05, 0) is 19.9 Å². The maximum Gasteiger partial charge on any atom is 0.297 e. The summed E-state index contributed by atoms with van der Waals surface area (Å²) >= 11 is 0. The number of hydrogen-bond acceptors (Lipinski definition) is 3. The molecule has 17 heavy (non-hydrogen) atoms. The summed E-state index contributed by atoms with van der Waals surface area (Å²) in [4.78, 5) is 5.62. The number of likely N-dealkylation sites (tertiary alicyclic amines) is 1. The minimum absolute atomic E-state index is 0.0956. The Labute approximate surface area is 99.4 Å². The maximum absolute atomic E-state index is 13.7. The lowest BCUT2D eigenvalue weighted by Gasteiger charge is -2.18. The molecular formula is C12H16F2N2O. The van der Waals surface area contributed by atoms with Crippen LogP contribution in [-0.2, 0) is 0 Å². The summed E-state index contributed by atoms with van der Waals surface area (Å²) in [6, 6.07) is 5.13. The number of alkyl halides is 2.